The van der Waals surface area contributed by atoms with E-state index in [1.807, 2.05) is 6.92 Å². The van der Waals surface area contributed by atoms with Crippen molar-refractivity contribution in [3.8, 4) is 0 Å². The lowest BCUT2D eigenvalue weighted by Crippen LogP contribution is -2.26. The molecule has 0 spiro atoms. The topological polar surface area (TPSA) is 98.3 Å². The first-order valence-electron chi connectivity index (χ1n) is 5.82. The van der Waals surface area contributed by atoms with Crippen LogP contribution < -0.4 is 11.1 Å². The average molecular weight is 251 g/mol. The molecule has 0 heterocycles. The summed E-state index contributed by atoms with van der Waals surface area (Å²) in [7, 11) is 0. The number of carbonyl (C=O) groups is 1. The van der Waals surface area contributed by atoms with E-state index in [0.717, 1.165) is 12.8 Å². The van der Waals surface area contributed by atoms with Crippen molar-refractivity contribution in [2.75, 3.05) is 5.32 Å². The molecule has 1 aromatic rings. The lowest BCUT2D eigenvalue weighted by atomic mass is 10.1. The lowest BCUT2D eigenvalue weighted by molar-refractivity contribution is -0.384. The molecule has 0 aliphatic carbocycles. The summed E-state index contributed by atoms with van der Waals surface area (Å²) < 4.78 is 0. The van der Waals surface area contributed by atoms with Crippen molar-refractivity contribution in [1.82, 2.24) is 0 Å². The molecular formula is C12H17N3O3. The van der Waals surface area contributed by atoms with Gasteiger partial charge in [-0.15, -0.1) is 0 Å². The number of amides is 1. The van der Waals surface area contributed by atoms with Gasteiger partial charge in [-0.25, -0.2) is 0 Å². The molecule has 0 bridgehead atoms. The van der Waals surface area contributed by atoms with E-state index in [-0.39, 0.29) is 24.1 Å². The normalized spacial score (nSPS) is 11.9. The Balaban J connectivity index is 2.51. The molecule has 0 aliphatic heterocycles. The van der Waals surface area contributed by atoms with Crippen molar-refractivity contribution in [3.05, 3.63) is 34.4 Å². The van der Waals surface area contributed by atoms with E-state index in [2.05, 4.69) is 5.32 Å². The molecule has 0 fully saturated rings. The Bertz CT molecular complexity index is 417. The van der Waals surface area contributed by atoms with Crippen LogP contribution in [0.25, 0.3) is 0 Å². The SMILES string of the molecule is CCCC(N)CC(=O)Nc1ccc([N+](=O)[O-])cc1. The molecule has 0 aromatic heterocycles. The highest BCUT2D eigenvalue weighted by Crippen LogP contribution is 2.15. The van der Waals surface area contributed by atoms with Crippen molar-refractivity contribution < 1.29 is 9.72 Å². The predicted molar refractivity (Wildman–Crippen MR) is 69.2 cm³/mol. The van der Waals surface area contributed by atoms with Gasteiger partial charge in [0.1, 0.15) is 0 Å². The van der Waals surface area contributed by atoms with E-state index >= 15 is 0 Å². The Labute approximate surface area is 105 Å². The maximum atomic E-state index is 11.6. The Morgan fingerprint density at radius 2 is 2.06 bits per heavy atom. The molecule has 1 rings (SSSR count). The minimum absolute atomic E-state index is 0.00400. The van der Waals surface area contributed by atoms with Gasteiger partial charge in [0.05, 0.1) is 4.92 Å². The second-order valence-corrected chi connectivity index (χ2v) is 4.11. The summed E-state index contributed by atoms with van der Waals surface area (Å²) in [5.41, 5.74) is 6.28. The van der Waals surface area contributed by atoms with Crippen LogP contribution in [0.3, 0.4) is 0 Å². The van der Waals surface area contributed by atoms with E-state index in [1.165, 1.54) is 24.3 Å². The number of nitro groups is 1. The van der Waals surface area contributed by atoms with E-state index in [0.29, 0.717) is 5.69 Å². The van der Waals surface area contributed by atoms with Crippen LogP contribution in [-0.2, 0) is 4.79 Å². The quantitative estimate of drug-likeness (QED) is 0.597. The van der Waals surface area contributed by atoms with E-state index in [9.17, 15) is 14.9 Å². The minimum Gasteiger partial charge on any atom is -0.327 e. The minimum atomic E-state index is -0.483. The Kier molecular flexibility index (Phi) is 5.26. The highest BCUT2D eigenvalue weighted by atomic mass is 16.6. The predicted octanol–water partition coefficient (Wildman–Crippen LogP) is 2.05. The lowest BCUT2D eigenvalue weighted by Gasteiger charge is -2.10. The van der Waals surface area contributed by atoms with Crippen molar-refractivity contribution in [2.45, 2.75) is 32.2 Å². The molecule has 1 amide bonds. The van der Waals surface area contributed by atoms with Gasteiger partial charge in [0.2, 0.25) is 5.91 Å². The summed E-state index contributed by atoms with van der Waals surface area (Å²) in [5.74, 6) is -0.176. The zero-order valence-corrected chi connectivity index (χ0v) is 10.3. The molecule has 0 aliphatic rings. The maximum Gasteiger partial charge on any atom is 0.269 e. The number of nitrogens with two attached hydrogens (primary N) is 1. The number of rotatable bonds is 6. The van der Waals surface area contributed by atoms with Crippen LogP contribution in [0.5, 0.6) is 0 Å². The number of hydrogen-bond acceptors (Lipinski definition) is 4. The molecule has 1 atom stereocenters. The molecule has 6 nitrogen and oxygen atoms in total. The molecule has 0 saturated carbocycles. The number of nitrogens with one attached hydrogen (secondary N) is 1. The highest BCUT2D eigenvalue weighted by Gasteiger charge is 2.10. The zero-order chi connectivity index (χ0) is 13.5. The Morgan fingerprint density at radius 3 is 2.56 bits per heavy atom. The molecular weight excluding hydrogens is 234 g/mol. The third-order valence-electron chi connectivity index (χ3n) is 2.47. The van der Waals surface area contributed by atoms with Crippen molar-refractivity contribution in [2.24, 2.45) is 5.73 Å². The molecule has 1 aromatic carbocycles. The van der Waals surface area contributed by atoms with Crippen molar-refractivity contribution in [3.63, 3.8) is 0 Å². The fraction of sp³-hybridized carbons (Fsp3) is 0.417. The van der Waals surface area contributed by atoms with Crippen molar-refractivity contribution in [1.29, 1.82) is 0 Å². The summed E-state index contributed by atoms with van der Waals surface area (Å²) in [6.45, 7) is 2.01. The number of nitro benzene ring substituents is 1. The monoisotopic (exact) mass is 251 g/mol. The van der Waals surface area contributed by atoms with Crippen LogP contribution in [0.4, 0.5) is 11.4 Å². The van der Waals surface area contributed by atoms with Crippen LogP contribution in [0.15, 0.2) is 24.3 Å². The van der Waals surface area contributed by atoms with Gasteiger partial charge in [-0.2, -0.15) is 0 Å². The van der Waals surface area contributed by atoms with Crippen LogP contribution in [0.2, 0.25) is 0 Å². The Hall–Kier alpha value is -1.95. The van der Waals surface area contributed by atoms with Gasteiger partial charge in [0.25, 0.3) is 5.69 Å². The number of hydrogen-bond donors (Lipinski definition) is 2. The summed E-state index contributed by atoms with van der Waals surface area (Å²) in [4.78, 5) is 21.6. The summed E-state index contributed by atoms with van der Waals surface area (Å²) in [6, 6.07) is 5.55. The first-order valence-corrected chi connectivity index (χ1v) is 5.82. The van der Waals surface area contributed by atoms with Gasteiger partial charge in [0.15, 0.2) is 0 Å². The molecule has 1 unspecified atom stereocenters. The van der Waals surface area contributed by atoms with Gasteiger partial charge in [-0.05, 0) is 18.6 Å². The second kappa shape index (κ2) is 6.70. The van der Waals surface area contributed by atoms with Crippen molar-refractivity contribution >= 4 is 17.3 Å². The molecule has 0 saturated heterocycles. The smallest absolute Gasteiger partial charge is 0.269 e. The zero-order valence-electron chi connectivity index (χ0n) is 10.3. The third kappa shape index (κ3) is 4.50. The van der Waals surface area contributed by atoms with E-state index in [4.69, 9.17) is 5.73 Å². The third-order valence-corrected chi connectivity index (χ3v) is 2.47. The van der Waals surface area contributed by atoms with Gasteiger partial charge in [-0.1, -0.05) is 13.3 Å². The standard InChI is InChI=1S/C12H17N3O3/c1-2-3-9(13)8-12(16)14-10-4-6-11(7-5-10)15(17)18/h4-7,9H,2-3,8,13H2,1H3,(H,14,16). The van der Waals surface area contributed by atoms with Gasteiger partial charge < -0.3 is 11.1 Å². The van der Waals surface area contributed by atoms with Gasteiger partial charge in [-0.3, -0.25) is 14.9 Å². The fourth-order valence-electron chi connectivity index (χ4n) is 1.59. The molecule has 3 N–H and O–H groups in total. The summed E-state index contributed by atoms with van der Waals surface area (Å²) >= 11 is 0. The Morgan fingerprint density at radius 1 is 1.44 bits per heavy atom. The maximum absolute atomic E-state index is 11.6. The average Bonchev–Trinajstić information content (AvgIpc) is 2.29. The number of non-ortho nitro benzene ring substituents is 1. The van der Waals surface area contributed by atoms with Crippen LogP contribution in [0.1, 0.15) is 26.2 Å². The number of benzene rings is 1. The van der Waals surface area contributed by atoms with Gasteiger partial charge >= 0.3 is 0 Å². The van der Waals surface area contributed by atoms with Gasteiger partial charge in [0, 0.05) is 30.3 Å². The summed E-state index contributed by atoms with van der Waals surface area (Å²) in [6.07, 6.45) is 1.99. The summed E-state index contributed by atoms with van der Waals surface area (Å²) in [5, 5.41) is 13.1. The molecule has 18 heavy (non-hydrogen) atoms. The van der Waals surface area contributed by atoms with E-state index in [1.54, 1.807) is 0 Å². The van der Waals surface area contributed by atoms with Crippen LogP contribution in [-0.4, -0.2) is 16.9 Å². The first-order chi connectivity index (χ1) is 8.52. The number of anilines is 1. The second-order valence-electron chi connectivity index (χ2n) is 4.11. The first kappa shape index (κ1) is 14.1. The number of carbonyl (C=O) groups excluding carboxylic acids is 1. The highest BCUT2D eigenvalue weighted by molar-refractivity contribution is 5.91. The largest absolute Gasteiger partial charge is 0.327 e. The molecule has 98 valence electrons. The molecule has 6 heteroatoms. The van der Waals surface area contributed by atoms with Crippen LogP contribution >= 0.6 is 0 Å². The molecule has 0 radical (unpaired) electrons. The van der Waals surface area contributed by atoms with Crippen LogP contribution in [0, 0.1) is 10.1 Å². The fourth-order valence-corrected chi connectivity index (χ4v) is 1.59. The number of nitrogens with zero attached hydrogens (tertiary/aromatic N) is 1. The van der Waals surface area contributed by atoms with E-state index < -0.39 is 4.92 Å².